The lowest BCUT2D eigenvalue weighted by Crippen LogP contribution is -2.52. The van der Waals surface area contributed by atoms with E-state index in [0.717, 1.165) is 37.9 Å². The number of hydrogen-bond donors (Lipinski definition) is 1. The fraction of sp³-hybridized carbons (Fsp3) is 0.824. The van der Waals surface area contributed by atoms with E-state index < -0.39 is 0 Å². The van der Waals surface area contributed by atoms with Crippen LogP contribution >= 0.6 is 0 Å². The van der Waals surface area contributed by atoms with Crippen LogP contribution in [-0.4, -0.2) is 42.3 Å². The van der Waals surface area contributed by atoms with Crippen molar-refractivity contribution in [1.82, 2.24) is 10.2 Å². The van der Waals surface area contributed by atoms with E-state index in [9.17, 15) is 4.79 Å². The second-order valence-corrected chi connectivity index (χ2v) is 6.70. The standard InChI is InChI=1S/C17H30N2O2/c1-4-19(13-14(2)3)16(20)18-15-8-11-21-17(12-15)9-6-5-7-10-17/h15H,2,4-13H2,1,3H3,(H,18,20)/t15-/m0/s1. The molecule has 1 N–H and O–H groups in total. The first-order chi connectivity index (χ1) is 10.0. The van der Waals surface area contributed by atoms with Crippen LogP contribution in [0.4, 0.5) is 4.79 Å². The Morgan fingerprint density at radius 3 is 2.71 bits per heavy atom. The molecule has 2 amide bonds. The van der Waals surface area contributed by atoms with E-state index >= 15 is 0 Å². The van der Waals surface area contributed by atoms with Gasteiger partial charge >= 0.3 is 6.03 Å². The molecule has 1 saturated carbocycles. The van der Waals surface area contributed by atoms with Crippen LogP contribution in [-0.2, 0) is 4.74 Å². The molecule has 21 heavy (non-hydrogen) atoms. The molecule has 1 saturated heterocycles. The van der Waals surface area contributed by atoms with Gasteiger partial charge in [-0.05, 0) is 39.5 Å². The maximum absolute atomic E-state index is 12.4. The van der Waals surface area contributed by atoms with E-state index in [1.54, 1.807) is 0 Å². The molecule has 2 fully saturated rings. The van der Waals surface area contributed by atoms with Crippen LogP contribution in [0.2, 0.25) is 0 Å². The molecule has 0 unspecified atom stereocenters. The molecule has 0 aromatic heterocycles. The van der Waals surface area contributed by atoms with Crippen LogP contribution in [0.1, 0.15) is 58.8 Å². The predicted molar refractivity (Wildman–Crippen MR) is 85.4 cm³/mol. The van der Waals surface area contributed by atoms with Gasteiger partial charge in [-0.2, -0.15) is 0 Å². The summed E-state index contributed by atoms with van der Waals surface area (Å²) in [6.07, 6.45) is 8.06. The van der Waals surface area contributed by atoms with Crippen molar-refractivity contribution in [3.05, 3.63) is 12.2 Å². The Hall–Kier alpha value is -1.03. The van der Waals surface area contributed by atoms with E-state index in [-0.39, 0.29) is 17.7 Å². The van der Waals surface area contributed by atoms with Crippen LogP contribution in [0.25, 0.3) is 0 Å². The van der Waals surface area contributed by atoms with Crippen molar-refractivity contribution in [2.75, 3.05) is 19.7 Å². The van der Waals surface area contributed by atoms with Gasteiger partial charge in [0.2, 0.25) is 0 Å². The Bertz CT molecular complexity index is 369. The van der Waals surface area contributed by atoms with Crippen LogP contribution in [0.5, 0.6) is 0 Å². The highest BCUT2D eigenvalue weighted by Gasteiger charge is 2.39. The number of rotatable bonds is 4. The summed E-state index contributed by atoms with van der Waals surface area (Å²) in [5.74, 6) is 0. The van der Waals surface area contributed by atoms with Gasteiger partial charge in [-0.3, -0.25) is 0 Å². The molecule has 1 atom stereocenters. The Morgan fingerprint density at radius 1 is 1.38 bits per heavy atom. The molecule has 1 spiro atoms. The normalized spacial score (nSPS) is 24.6. The third-order valence-electron chi connectivity index (χ3n) is 4.72. The minimum Gasteiger partial charge on any atom is -0.375 e. The maximum atomic E-state index is 12.4. The number of ether oxygens (including phenoxy) is 1. The first-order valence-electron chi connectivity index (χ1n) is 8.38. The predicted octanol–water partition coefficient (Wildman–Crippen LogP) is 3.48. The van der Waals surface area contributed by atoms with Crippen molar-refractivity contribution in [2.45, 2.75) is 70.4 Å². The summed E-state index contributed by atoms with van der Waals surface area (Å²) in [4.78, 5) is 14.2. The number of likely N-dealkylation sites (N-methyl/N-ethyl adjacent to an activating group) is 1. The fourth-order valence-electron chi connectivity index (χ4n) is 3.61. The summed E-state index contributed by atoms with van der Waals surface area (Å²) in [6, 6.07) is 0.293. The largest absolute Gasteiger partial charge is 0.375 e. The van der Waals surface area contributed by atoms with Gasteiger partial charge < -0.3 is 15.0 Å². The van der Waals surface area contributed by atoms with E-state index in [2.05, 4.69) is 11.9 Å². The van der Waals surface area contributed by atoms with Crippen molar-refractivity contribution in [2.24, 2.45) is 0 Å². The average Bonchev–Trinajstić information content (AvgIpc) is 2.45. The number of amides is 2. The zero-order valence-electron chi connectivity index (χ0n) is 13.6. The monoisotopic (exact) mass is 294 g/mol. The molecule has 1 heterocycles. The van der Waals surface area contributed by atoms with E-state index in [1.807, 2.05) is 18.7 Å². The molecule has 4 nitrogen and oxygen atoms in total. The number of carbonyl (C=O) groups excluding carboxylic acids is 1. The SMILES string of the molecule is C=C(C)CN(CC)C(=O)N[C@H]1CCOC2(CCCCC2)C1. The summed E-state index contributed by atoms with van der Waals surface area (Å²) < 4.78 is 6.09. The van der Waals surface area contributed by atoms with Gasteiger partial charge in [-0.15, -0.1) is 0 Å². The molecule has 2 aliphatic rings. The second-order valence-electron chi connectivity index (χ2n) is 6.70. The maximum Gasteiger partial charge on any atom is 0.317 e. The van der Waals surface area contributed by atoms with Crippen molar-refractivity contribution in [3.63, 3.8) is 0 Å². The molecule has 0 aromatic rings. The molecule has 120 valence electrons. The molecular formula is C17H30N2O2. The Labute approximate surface area is 128 Å². The molecule has 2 rings (SSSR count). The van der Waals surface area contributed by atoms with Gasteiger partial charge in [-0.1, -0.05) is 31.4 Å². The van der Waals surface area contributed by atoms with Gasteiger partial charge in [0.15, 0.2) is 0 Å². The molecule has 0 bridgehead atoms. The third kappa shape index (κ3) is 4.47. The fourth-order valence-corrected chi connectivity index (χ4v) is 3.61. The van der Waals surface area contributed by atoms with E-state index in [4.69, 9.17) is 4.74 Å². The van der Waals surface area contributed by atoms with Gasteiger partial charge in [0.25, 0.3) is 0 Å². The van der Waals surface area contributed by atoms with Gasteiger partial charge in [0.1, 0.15) is 0 Å². The van der Waals surface area contributed by atoms with Crippen molar-refractivity contribution >= 4 is 6.03 Å². The molecular weight excluding hydrogens is 264 g/mol. The molecule has 1 aliphatic carbocycles. The Balaban J connectivity index is 1.89. The van der Waals surface area contributed by atoms with Crippen molar-refractivity contribution in [1.29, 1.82) is 0 Å². The Morgan fingerprint density at radius 2 is 2.10 bits per heavy atom. The molecule has 4 heteroatoms. The highest BCUT2D eigenvalue weighted by Crippen LogP contribution is 2.38. The lowest BCUT2D eigenvalue weighted by atomic mass is 9.78. The summed E-state index contributed by atoms with van der Waals surface area (Å²) >= 11 is 0. The van der Waals surface area contributed by atoms with Crippen LogP contribution in [0.15, 0.2) is 12.2 Å². The Kier molecular flexibility index (Phi) is 5.68. The van der Waals surface area contributed by atoms with Gasteiger partial charge in [-0.25, -0.2) is 4.79 Å². The van der Waals surface area contributed by atoms with E-state index in [0.29, 0.717) is 13.1 Å². The molecule has 1 aliphatic heterocycles. The number of urea groups is 1. The zero-order chi connectivity index (χ0) is 15.3. The van der Waals surface area contributed by atoms with Crippen LogP contribution in [0, 0.1) is 0 Å². The minimum absolute atomic E-state index is 0.0401. The number of hydrogen-bond acceptors (Lipinski definition) is 2. The smallest absolute Gasteiger partial charge is 0.317 e. The lowest BCUT2D eigenvalue weighted by Gasteiger charge is -2.44. The molecule has 0 radical (unpaired) electrons. The second kappa shape index (κ2) is 7.30. The first-order valence-corrected chi connectivity index (χ1v) is 8.38. The van der Waals surface area contributed by atoms with Crippen molar-refractivity contribution < 1.29 is 9.53 Å². The molecule has 0 aromatic carbocycles. The summed E-state index contributed by atoms with van der Waals surface area (Å²) in [7, 11) is 0. The first kappa shape index (κ1) is 16.3. The summed E-state index contributed by atoms with van der Waals surface area (Å²) in [5.41, 5.74) is 1.06. The van der Waals surface area contributed by atoms with Crippen LogP contribution in [0.3, 0.4) is 0 Å². The van der Waals surface area contributed by atoms with Crippen molar-refractivity contribution in [3.8, 4) is 0 Å². The topological polar surface area (TPSA) is 41.6 Å². The van der Waals surface area contributed by atoms with Crippen LogP contribution < -0.4 is 5.32 Å². The van der Waals surface area contributed by atoms with Gasteiger partial charge in [0.05, 0.1) is 5.60 Å². The lowest BCUT2D eigenvalue weighted by molar-refractivity contribution is -0.108. The summed E-state index contributed by atoms with van der Waals surface area (Å²) in [6.45, 7) is 9.99. The number of carbonyl (C=O) groups is 1. The zero-order valence-corrected chi connectivity index (χ0v) is 13.6. The third-order valence-corrected chi connectivity index (χ3v) is 4.72. The highest BCUT2D eigenvalue weighted by atomic mass is 16.5. The quantitative estimate of drug-likeness (QED) is 0.807. The van der Waals surface area contributed by atoms with E-state index in [1.165, 1.54) is 19.3 Å². The number of nitrogens with one attached hydrogen (secondary N) is 1. The van der Waals surface area contributed by atoms with Gasteiger partial charge in [0, 0.05) is 25.7 Å². The highest BCUT2D eigenvalue weighted by molar-refractivity contribution is 5.74. The average molecular weight is 294 g/mol. The minimum atomic E-state index is 0.0401. The summed E-state index contributed by atoms with van der Waals surface area (Å²) in [5, 5.41) is 3.21. The number of nitrogens with zero attached hydrogens (tertiary/aromatic N) is 1.